The van der Waals surface area contributed by atoms with Crippen molar-refractivity contribution in [1.29, 1.82) is 0 Å². The van der Waals surface area contributed by atoms with Crippen LogP contribution in [0, 0.1) is 40.4 Å². The highest BCUT2D eigenvalue weighted by Crippen LogP contribution is 2.66. The average molecular weight is 542 g/mol. The molecule has 0 radical (unpaired) electrons. The van der Waals surface area contributed by atoms with Gasteiger partial charge in [-0.1, -0.05) is 97.6 Å². The van der Waals surface area contributed by atoms with Crippen LogP contribution in [0.2, 0.25) is 0 Å². The monoisotopic (exact) mass is 541 g/mol. The van der Waals surface area contributed by atoms with Gasteiger partial charge in [0.2, 0.25) is 0 Å². The number of carbonyl (C=O) groups is 1. The van der Waals surface area contributed by atoms with E-state index in [9.17, 15) is 4.79 Å². The second-order valence-electron chi connectivity index (χ2n) is 15.1. The summed E-state index contributed by atoms with van der Waals surface area (Å²) >= 11 is 0. The Hall–Kier alpha value is -0.830. The predicted molar refractivity (Wildman–Crippen MR) is 165 cm³/mol. The van der Waals surface area contributed by atoms with Crippen LogP contribution in [0.4, 0.5) is 0 Å². The zero-order chi connectivity index (χ0) is 27.9. The Balaban J connectivity index is 1.24. The lowest BCUT2D eigenvalue weighted by Gasteiger charge is -2.58. The first-order valence-corrected chi connectivity index (χ1v) is 17.4. The lowest BCUT2D eigenvalue weighted by molar-refractivity contribution is -0.150. The van der Waals surface area contributed by atoms with E-state index in [1.807, 2.05) is 0 Å². The molecule has 4 aliphatic carbocycles. The Kier molecular flexibility index (Phi) is 11.5. The normalized spacial score (nSPS) is 35.7. The first-order valence-electron chi connectivity index (χ1n) is 17.4. The van der Waals surface area contributed by atoms with E-state index >= 15 is 0 Å². The number of hydrogen-bond acceptors (Lipinski definition) is 3. The number of fused-ring (bicyclic) bond motifs is 5. The van der Waals surface area contributed by atoms with Gasteiger partial charge in [0.25, 0.3) is 0 Å². The molecule has 7 atom stereocenters. The maximum absolute atomic E-state index is 12.6. The molecule has 3 fully saturated rings. The summed E-state index contributed by atoms with van der Waals surface area (Å²) in [5.74, 6) is 4.39. The van der Waals surface area contributed by atoms with Gasteiger partial charge in [0, 0.05) is 6.42 Å². The molecule has 0 spiro atoms. The molecule has 1 N–H and O–H groups in total. The molecule has 0 aromatic heterocycles. The highest BCUT2D eigenvalue weighted by atomic mass is 16.5. The first kappa shape index (κ1) is 31.1. The van der Waals surface area contributed by atoms with Gasteiger partial charge in [-0.2, -0.15) is 0 Å². The second kappa shape index (κ2) is 14.4. The van der Waals surface area contributed by atoms with Crippen molar-refractivity contribution in [3.05, 3.63) is 11.6 Å². The van der Waals surface area contributed by atoms with Gasteiger partial charge in [0.15, 0.2) is 0 Å². The quantitative estimate of drug-likeness (QED) is 0.127. The largest absolute Gasteiger partial charge is 0.461 e. The molecule has 0 saturated heterocycles. The Morgan fingerprint density at radius 2 is 1.77 bits per heavy atom. The fraction of sp³-hybridized carbons (Fsp3) is 0.917. The van der Waals surface area contributed by atoms with E-state index in [0.29, 0.717) is 17.4 Å². The zero-order valence-electron chi connectivity index (χ0n) is 26.5. The number of unbranched alkanes of at least 4 members (excludes halogenated alkanes) is 6. The summed E-state index contributed by atoms with van der Waals surface area (Å²) in [6.45, 7) is 13.6. The molecule has 0 heterocycles. The van der Waals surface area contributed by atoms with Crippen molar-refractivity contribution in [2.45, 2.75) is 156 Å². The van der Waals surface area contributed by atoms with Crippen LogP contribution in [0.3, 0.4) is 0 Å². The van der Waals surface area contributed by atoms with Gasteiger partial charge in [0.05, 0.1) is 6.54 Å². The molecule has 224 valence electrons. The zero-order valence-corrected chi connectivity index (χ0v) is 26.5. The molecule has 39 heavy (non-hydrogen) atoms. The first-order chi connectivity index (χ1) is 18.8. The van der Waals surface area contributed by atoms with Crippen molar-refractivity contribution in [2.75, 3.05) is 13.1 Å². The van der Waals surface area contributed by atoms with E-state index in [0.717, 1.165) is 55.4 Å². The Labute approximate surface area is 242 Å². The number of carbonyl (C=O) groups excluding carboxylic acids is 1. The Morgan fingerprint density at radius 3 is 2.56 bits per heavy atom. The molecule has 0 aliphatic heterocycles. The molecule has 3 heteroatoms. The number of ether oxygens (including phenoxy) is 1. The van der Waals surface area contributed by atoms with Crippen molar-refractivity contribution in [3.63, 3.8) is 0 Å². The molecule has 0 aromatic rings. The van der Waals surface area contributed by atoms with E-state index in [2.05, 4.69) is 46.0 Å². The summed E-state index contributed by atoms with van der Waals surface area (Å²) < 4.78 is 6.00. The van der Waals surface area contributed by atoms with E-state index in [1.165, 1.54) is 96.3 Å². The molecule has 3 saturated carbocycles. The van der Waals surface area contributed by atoms with E-state index in [4.69, 9.17) is 4.74 Å². The minimum absolute atomic E-state index is 0.0531. The SMILES string of the molecule is CCCCCCCCNCC(=O)O[C@H]1CC[C@@]2(C)C(=CC[C@@H]3C2CC[C@@]2(C)C3CC[C@@H]2CCCCC(C)C)C1. The predicted octanol–water partition coefficient (Wildman–Crippen LogP) is 9.64. The lowest BCUT2D eigenvalue weighted by atomic mass is 9.47. The van der Waals surface area contributed by atoms with Crippen LogP contribution in [-0.2, 0) is 9.53 Å². The summed E-state index contributed by atoms with van der Waals surface area (Å²) in [5, 5.41) is 3.33. The Morgan fingerprint density at radius 1 is 0.974 bits per heavy atom. The lowest BCUT2D eigenvalue weighted by Crippen LogP contribution is -2.50. The smallest absolute Gasteiger partial charge is 0.320 e. The average Bonchev–Trinajstić information content (AvgIpc) is 3.24. The maximum Gasteiger partial charge on any atom is 0.320 e. The van der Waals surface area contributed by atoms with Crippen molar-refractivity contribution in [2.24, 2.45) is 40.4 Å². The number of nitrogens with one attached hydrogen (secondary N) is 1. The van der Waals surface area contributed by atoms with Gasteiger partial charge in [-0.05, 0) is 105 Å². The fourth-order valence-electron chi connectivity index (χ4n) is 9.70. The van der Waals surface area contributed by atoms with Crippen LogP contribution < -0.4 is 5.32 Å². The van der Waals surface area contributed by atoms with Crippen molar-refractivity contribution < 1.29 is 9.53 Å². The van der Waals surface area contributed by atoms with Crippen LogP contribution in [0.5, 0.6) is 0 Å². The van der Waals surface area contributed by atoms with Gasteiger partial charge >= 0.3 is 5.97 Å². The van der Waals surface area contributed by atoms with Crippen molar-refractivity contribution in [3.8, 4) is 0 Å². The third-order valence-corrected chi connectivity index (χ3v) is 12.1. The molecule has 4 aliphatic rings. The highest BCUT2D eigenvalue weighted by Gasteiger charge is 2.58. The van der Waals surface area contributed by atoms with Gasteiger partial charge in [0.1, 0.15) is 6.10 Å². The van der Waals surface area contributed by atoms with E-state index < -0.39 is 0 Å². The number of esters is 1. The summed E-state index contributed by atoms with van der Waals surface area (Å²) in [6.07, 6.45) is 26.5. The Bertz CT molecular complexity index is 804. The third kappa shape index (κ3) is 7.52. The standard InChI is InChI=1S/C36H63NO2/c1-6-7-8-9-10-13-24-37-26-34(38)39-30-20-22-36(5)29(25-30)16-18-31-32-19-17-28(15-12-11-14-27(2)3)35(32,4)23-21-33(31)36/h16,27-28,30-33,37H,6-15,17-26H2,1-5H3/t28-,30-,31-,32?,33?,35+,36-/m0/s1. The van der Waals surface area contributed by atoms with Gasteiger partial charge < -0.3 is 10.1 Å². The molecular formula is C36H63NO2. The highest BCUT2D eigenvalue weighted by molar-refractivity contribution is 5.71. The van der Waals surface area contributed by atoms with E-state index in [-0.39, 0.29) is 12.1 Å². The molecule has 2 unspecified atom stereocenters. The van der Waals surface area contributed by atoms with Gasteiger partial charge in [-0.3, -0.25) is 4.79 Å². The summed E-state index contributed by atoms with van der Waals surface area (Å²) in [4.78, 5) is 12.6. The van der Waals surface area contributed by atoms with Crippen LogP contribution in [0.15, 0.2) is 11.6 Å². The molecule has 4 rings (SSSR count). The van der Waals surface area contributed by atoms with Crippen LogP contribution in [-0.4, -0.2) is 25.2 Å². The molecule has 0 aromatic carbocycles. The van der Waals surface area contributed by atoms with Crippen LogP contribution in [0.1, 0.15) is 150 Å². The van der Waals surface area contributed by atoms with E-state index in [1.54, 1.807) is 5.57 Å². The van der Waals surface area contributed by atoms with Crippen LogP contribution >= 0.6 is 0 Å². The minimum Gasteiger partial charge on any atom is -0.461 e. The third-order valence-electron chi connectivity index (χ3n) is 12.1. The topological polar surface area (TPSA) is 38.3 Å². The molecule has 0 amide bonds. The molecular weight excluding hydrogens is 478 g/mol. The fourth-order valence-corrected chi connectivity index (χ4v) is 9.70. The second-order valence-corrected chi connectivity index (χ2v) is 15.1. The minimum atomic E-state index is -0.0531. The van der Waals surface area contributed by atoms with Crippen molar-refractivity contribution in [1.82, 2.24) is 5.32 Å². The summed E-state index contributed by atoms with van der Waals surface area (Å²) in [6, 6.07) is 0. The summed E-state index contributed by atoms with van der Waals surface area (Å²) in [5.41, 5.74) is 2.54. The maximum atomic E-state index is 12.6. The number of hydrogen-bond donors (Lipinski definition) is 1. The number of rotatable bonds is 15. The molecule has 0 bridgehead atoms. The number of allylic oxidation sites excluding steroid dienone is 1. The molecule has 3 nitrogen and oxygen atoms in total. The van der Waals surface area contributed by atoms with Gasteiger partial charge in [-0.25, -0.2) is 0 Å². The van der Waals surface area contributed by atoms with Gasteiger partial charge in [-0.15, -0.1) is 0 Å². The van der Waals surface area contributed by atoms with Crippen LogP contribution in [0.25, 0.3) is 0 Å². The van der Waals surface area contributed by atoms with Crippen molar-refractivity contribution >= 4 is 5.97 Å². The summed E-state index contributed by atoms with van der Waals surface area (Å²) in [7, 11) is 0.